The number of anilines is 1. The molecule has 1 amide bonds. The molecule has 0 fully saturated rings. The van der Waals surface area contributed by atoms with Gasteiger partial charge in [0.05, 0.1) is 5.69 Å². The molecule has 4 nitrogen and oxygen atoms in total. The molecule has 1 heterocycles. The predicted octanol–water partition coefficient (Wildman–Crippen LogP) is 2.82. The van der Waals surface area contributed by atoms with Crippen LogP contribution >= 0.6 is 0 Å². The van der Waals surface area contributed by atoms with Gasteiger partial charge in [-0.1, -0.05) is 6.58 Å². The third-order valence-electron chi connectivity index (χ3n) is 2.74. The molecule has 0 spiro atoms. The molecule has 0 aliphatic rings. The first-order valence-electron chi connectivity index (χ1n) is 5.67. The number of carbonyl (C=O) groups is 1. The van der Waals surface area contributed by atoms with E-state index in [1.807, 2.05) is 38.1 Å². The average Bonchev–Trinajstić information content (AvgIpc) is 2.70. The Kier molecular flexibility index (Phi) is 3.28. The Balaban J connectivity index is 2.22. The summed E-state index contributed by atoms with van der Waals surface area (Å²) in [6.45, 7) is 7.36. The highest BCUT2D eigenvalue weighted by Gasteiger charge is 2.05. The Bertz CT molecular complexity index is 562. The first-order valence-corrected chi connectivity index (χ1v) is 5.67. The van der Waals surface area contributed by atoms with Gasteiger partial charge in [0, 0.05) is 16.9 Å². The summed E-state index contributed by atoms with van der Waals surface area (Å²) in [6.07, 6.45) is 1.24. The molecule has 1 aromatic heterocycles. The quantitative estimate of drug-likeness (QED) is 0.812. The maximum Gasteiger partial charge on any atom is 0.247 e. The number of carbonyl (C=O) groups excluding carboxylic acids is 1. The summed E-state index contributed by atoms with van der Waals surface area (Å²) < 4.78 is 0. The highest BCUT2D eigenvalue weighted by atomic mass is 16.1. The largest absolute Gasteiger partial charge is 0.342 e. The molecule has 0 radical (unpaired) electrons. The molecule has 2 aromatic rings. The fourth-order valence-corrected chi connectivity index (χ4v) is 1.59. The van der Waals surface area contributed by atoms with E-state index in [0.29, 0.717) is 0 Å². The highest BCUT2D eigenvalue weighted by Crippen LogP contribution is 2.20. The van der Waals surface area contributed by atoms with E-state index >= 15 is 0 Å². The lowest BCUT2D eigenvalue weighted by Gasteiger charge is -2.02. The van der Waals surface area contributed by atoms with E-state index in [0.717, 1.165) is 28.5 Å². The molecule has 0 saturated heterocycles. The highest BCUT2D eigenvalue weighted by molar-refractivity contribution is 5.98. The zero-order chi connectivity index (χ0) is 13.1. The van der Waals surface area contributed by atoms with E-state index < -0.39 is 0 Å². The smallest absolute Gasteiger partial charge is 0.247 e. The molecular formula is C14H15N3O. The van der Waals surface area contributed by atoms with Gasteiger partial charge in [0.2, 0.25) is 5.91 Å². The lowest BCUT2D eigenvalue weighted by molar-refractivity contribution is -0.111. The molecule has 0 bridgehead atoms. The number of hydrogen-bond donors (Lipinski definition) is 2. The van der Waals surface area contributed by atoms with E-state index in [4.69, 9.17) is 0 Å². The van der Waals surface area contributed by atoms with Gasteiger partial charge in [-0.15, -0.1) is 0 Å². The number of nitrogens with zero attached hydrogens (tertiary/aromatic N) is 1. The molecule has 0 aliphatic heterocycles. The molecule has 0 atom stereocenters. The lowest BCUT2D eigenvalue weighted by Crippen LogP contribution is -2.06. The first-order chi connectivity index (χ1) is 8.60. The second-order valence-electron chi connectivity index (χ2n) is 4.07. The number of aromatic nitrogens is 2. The number of rotatable bonds is 3. The molecule has 92 valence electrons. The van der Waals surface area contributed by atoms with Crippen LogP contribution in [0.3, 0.4) is 0 Å². The lowest BCUT2D eigenvalue weighted by atomic mass is 10.2. The fraction of sp³-hybridized carbons (Fsp3) is 0.143. The summed E-state index contributed by atoms with van der Waals surface area (Å²) in [5.41, 5.74) is 3.79. The Morgan fingerprint density at radius 1 is 1.33 bits per heavy atom. The Morgan fingerprint density at radius 2 is 2.00 bits per heavy atom. The van der Waals surface area contributed by atoms with Crippen LogP contribution in [0.4, 0.5) is 5.69 Å². The number of aryl methyl sites for hydroxylation is 2. The Morgan fingerprint density at radius 3 is 2.50 bits per heavy atom. The van der Waals surface area contributed by atoms with Crippen LogP contribution in [-0.4, -0.2) is 15.9 Å². The molecule has 4 heteroatoms. The van der Waals surface area contributed by atoms with Crippen molar-refractivity contribution in [2.24, 2.45) is 0 Å². The van der Waals surface area contributed by atoms with E-state index in [2.05, 4.69) is 21.9 Å². The Hall–Kier alpha value is -2.36. The third kappa shape index (κ3) is 2.48. The van der Waals surface area contributed by atoms with Crippen LogP contribution in [0.15, 0.2) is 36.9 Å². The van der Waals surface area contributed by atoms with Gasteiger partial charge >= 0.3 is 0 Å². The minimum Gasteiger partial charge on any atom is -0.342 e. The van der Waals surface area contributed by atoms with Crippen molar-refractivity contribution < 1.29 is 4.79 Å². The monoisotopic (exact) mass is 241 g/mol. The zero-order valence-corrected chi connectivity index (χ0v) is 10.4. The zero-order valence-electron chi connectivity index (χ0n) is 10.4. The van der Waals surface area contributed by atoms with Crippen LogP contribution in [-0.2, 0) is 4.79 Å². The minimum atomic E-state index is -0.215. The second kappa shape index (κ2) is 4.87. The average molecular weight is 241 g/mol. The van der Waals surface area contributed by atoms with Crippen LogP contribution in [0.25, 0.3) is 11.4 Å². The summed E-state index contributed by atoms with van der Waals surface area (Å²) in [5, 5.41) is 2.70. The first kappa shape index (κ1) is 12.1. The summed E-state index contributed by atoms with van der Waals surface area (Å²) >= 11 is 0. The summed E-state index contributed by atoms with van der Waals surface area (Å²) in [5.74, 6) is 0.624. The van der Waals surface area contributed by atoms with Crippen LogP contribution in [0, 0.1) is 13.8 Å². The topological polar surface area (TPSA) is 57.8 Å². The second-order valence-corrected chi connectivity index (χ2v) is 4.07. The van der Waals surface area contributed by atoms with Crippen LogP contribution in [0.1, 0.15) is 11.4 Å². The summed E-state index contributed by atoms with van der Waals surface area (Å²) in [6, 6.07) is 7.50. The van der Waals surface area contributed by atoms with Crippen molar-refractivity contribution in [2.75, 3.05) is 5.32 Å². The number of nitrogens with one attached hydrogen (secondary N) is 2. The van der Waals surface area contributed by atoms with Gasteiger partial charge in [0.1, 0.15) is 5.82 Å². The predicted molar refractivity (Wildman–Crippen MR) is 72.3 cm³/mol. The van der Waals surface area contributed by atoms with Gasteiger partial charge in [0.15, 0.2) is 0 Å². The number of imidazole rings is 1. The number of hydrogen-bond acceptors (Lipinski definition) is 2. The normalized spacial score (nSPS) is 10.1. The molecule has 2 N–H and O–H groups in total. The number of aromatic amines is 1. The van der Waals surface area contributed by atoms with E-state index in [9.17, 15) is 4.79 Å². The SMILES string of the molecule is C=CC(=O)Nc1ccc(-c2nc(C)c(C)[nH]2)cc1. The molecule has 0 aliphatic carbocycles. The summed E-state index contributed by atoms with van der Waals surface area (Å²) in [4.78, 5) is 18.8. The van der Waals surface area contributed by atoms with Gasteiger partial charge in [-0.3, -0.25) is 4.79 Å². The van der Waals surface area contributed by atoms with Crippen molar-refractivity contribution in [3.05, 3.63) is 48.3 Å². The number of amides is 1. The molecule has 2 rings (SSSR count). The van der Waals surface area contributed by atoms with Crippen molar-refractivity contribution >= 4 is 11.6 Å². The van der Waals surface area contributed by atoms with Crippen LogP contribution in [0.2, 0.25) is 0 Å². The van der Waals surface area contributed by atoms with E-state index in [1.54, 1.807) is 0 Å². The molecule has 0 unspecified atom stereocenters. The number of benzene rings is 1. The van der Waals surface area contributed by atoms with Crippen molar-refractivity contribution in [3.63, 3.8) is 0 Å². The molecule has 1 aromatic carbocycles. The maximum absolute atomic E-state index is 11.1. The van der Waals surface area contributed by atoms with Crippen molar-refractivity contribution in [1.82, 2.24) is 9.97 Å². The van der Waals surface area contributed by atoms with Crippen molar-refractivity contribution in [3.8, 4) is 11.4 Å². The minimum absolute atomic E-state index is 0.215. The van der Waals surface area contributed by atoms with Gasteiger partial charge < -0.3 is 10.3 Å². The van der Waals surface area contributed by atoms with Gasteiger partial charge in [-0.05, 0) is 44.2 Å². The van der Waals surface area contributed by atoms with Crippen molar-refractivity contribution in [1.29, 1.82) is 0 Å². The summed E-state index contributed by atoms with van der Waals surface area (Å²) in [7, 11) is 0. The van der Waals surface area contributed by atoms with Gasteiger partial charge in [-0.25, -0.2) is 4.98 Å². The van der Waals surface area contributed by atoms with Gasteiger partial charge in [-0.2, -0.15) is 0 Å². The van der Waals surface area contributed by atoms with Crippen molar-refractivity contribution in [2.45, 2.75) is 13.8 Å². The van der Waals surface area contributed by atoms with E-state index in [-0.39, 0.29) is 5.91 Å². The van der Waals surface area contributed by atoms with E-state index in [1.165, 1.54) is 6.08 Å². The Labute approximate surface area is 106 Å². The molecule has 18 heavy (non-hydrogen) atoms. The van der Waals surface area contributed by atoms with Crippen LogP contribution in [0.5, 0.6) is 0 Å². The molecule has 0 saturated carbocycles. The number of H-pyrrole nitrogens is 1. The third-order valence-corrected chi connectivity index (χ3v) is 2.74. The molecular weight excluding hydrogens is 226 g/mol. The fourth-order valence-electron chi connectivity index (χ4n) is 1.59. The maximum atomic E-state index is 11.1. The van der Waals surface area contributed by atoms with Crippen LogP contribution < -0.4 is 5.32 Å². The standard InChI is InChI=1S/C14H15N3O/c1-4-13(18)17-12-7-5-11(6-8-12)14-15-9(2)10(3)16-14/h4-8H,1H2,2-3H3,(H,15,16)(H,17,18). The van der Waals surface area contributed by atoms with Gasteiger partial charge in [0.25, 0.3) is 0 Å².